The Labute approximate surface area is 465 Å². The number of esters is 5. The zero-order valence-electron chi connectivity index (χ0n) is 48.3. The second-order valence-corrected chi connectivity index (χ2v) is 24.7. The van der Waals surface area contributed by atoms with E-state index in [-0.39, 0.29) is 101 Å². The molecular weight excluding hydrogens is 1000 g/mol. The van der Waals surface area contributed by atoms with Gasteiger partial charge in [-0.3, -0.25) is 24.0 Å². The monoisotopic (exact) mass is 1080 g/mol. The summed E-state index contributed by atoms with van der Waals surface area (Å²) in [4.78, 5) is 83.0. The number of aliphatic hydroxyl groups is 1. The summed E-state index contributed by atoms with van der Waals surface area (Å²) in [5, 5.41) is 16.8. The van der Waals surface area contributed by atoms with Crippen molar-refractivity contribution in [1.82, 2.24) is 5.32 Å². The minimum atomic E-state index is -1.28. The Balaban J connectivity index is 1.12. The van der Waals surface area contributed by atoms with Crippen molar-refractivity contribution in [1.29, 1.82) is 0 Å². The van der Waals surface area contributed by atoms with Crippen LogP contribution in [0.3, 0.4) is 0 Å². The molecule has 15 heteroatoms. The Morgan fingerprint density at radius 3 is 2.23 bits per heavy atom. The van der Waals surface area contributed by atoms with Gasteiger partial charge in [0.25, 0.3) is 0 Å². The molecule has 4 saturated carbocycles. The number of aliphatic hydroxyl groups excluding tert-OH is 1. The van der Waals surface area contributed by atoms with Crippen LogP contribution in [0.1, 0.15) is 146 Å². The van der Waals surface area contributed by atoms with Gasteiger partial charge < -0.3 is 34.1 Å². The van der Waals surface area contributed by atoms with Crippen LogP contribution in [0.15, 0.2) is 119 Å². The van der Waals surface area contributed by atoms with Crippen molar-refractivity contribution in [2.75, 3.05) is 14.2 Å². The van der Waals surface area contributed by atoms with Crippen LogP contribution in [-0.4, -0.2) is 84.6 Å². The Kier molecular flexibility index (Phi) is 15.0. The number of hydrogen-bond acceptors (Lipinski definition) is 15. The van der Waals surface area contributed by atoms with Crippen LogP contribution in [0.4, 0.5) is 0 Å². The van der Waals surface area contributed by atoms with Crippen LogP contribution < -0.4 is 5.32 Å². The van der Waals surface area contributed by atoms with Crippen LogP contribution >= 0.6 is 0 Å². The molecule has 8 bridgehead atoms. The normalized spacial score (nSPS) is 34.6. The molecular formula is C64H80N4O11. The van der Waals surface area contributed by atoms with Crippen LogP contribution in [0.2, 0.25) is 0 Å². The molecule has 15 nitrogen and oxygen atoms in total. The van der Waals surface area contributed by atoms with Crippen molar-refractivity contribution >= 4 is 47.0 Å². The molecule has 2 N–H and O–H groups in total. The second kappa shape index (κ2) is 21.3. The number of aliphatic imine (C=N–C) groups is 3. The molecule has 0 aromatic carbocycles. The largest absolute Gasteiger partial charge is 0.510 e. The summed E-state index contributed by atoms with van der Waals surface area (Å²) in [5.41, 5.74) is 10.5. The lowest BCUT2D eigenvalue weighted by molar-refractivity contribution is -0.225. The lowest BCUT2D eigenvalue weighted by Gasteiger charge is -2.64. The van der Waals surface area contributed by atoms with Gasteiger partial charge >= 0.3 is 29.8 Å². The molecule has 10 aliphatic rings. The van der Waals surface area contributed by atoms with Gasteiger partial charge in [0.05, 0.1) is 48.4 Å². The summed E-state index contributed by atoms with van der Waals surface area (Å²) in [6.07, 6.45) is 13.4. The highest BCUT2D eigenvalue weighted by atomic mass is 16.6. The summed E-state index contributed by atoms with van der Waals surface area (Å²) in [5.74, 6) is -3.94. The third kappa shape index (κ3) is 9.36. The van der Waals surface area contributed by atoms with Crippen LogP contribution in [0.25, 0.3) is 0 Å². The van der Waals surface area contributed by atoms with E-state index in [2.05, 4.69) is 53.4 Å². The average Bonchev–Trinajstić information content (AvgIpc) is 3.61. The molecule has 79 heavy (non-hydrogen) atoms. The molecule has 5 aliphatic heterocycles. The van der Waals surface area contributed by atoms with E-state index in [0.717, 1.165) is 70.1 Å². The molecule has 5 aliphatic carbocycles. The maximum Gasteiger partial charge on any atom is 0.321 e. The number of nitrogens with zero attached hydrogens (tertiary/aromatic N) is 3. The van der Waals surface area contributed by atoms with Gasteiger partial charge in [-0.1, -0.05) is 47.3 Å². The molecule has 0 spiro atoms. The fourth-order valence-electron chi connectivity index (χ4n) is 16.8. The zero-order valence-corrected chi connectivity index (χ0v) is 48.3. The number of allylic oxidation sites excluding steroid dienone is 11. The smallest absolute Gasteiger partial charge is 0.321 e. The number of methoxy groups -OCH3 is 2. The van der Waals surface area contributed by atoms with Crippen molar-refractivity contribution in [3.63, 3.8) is 0 Å². The summed E-state index contributed by atoms with van der Waals surface area (Å²) >= 11 is 0. The fraction of sp³-hybridized carbons (Fsp3) is 0.594. The Bertz CT molecular complexity index is 3060. The zero-order chi connectivity index (χ0) is 56.7. The Morgan fingerprint density at radius 1 is 0.848 bits per heavy atom. The number of hydrogen-bond donors (Lipinski definition) is 2. The first-order valence-corrected chi connectivity index (χ1v) is 28.9. The summed E-state index contributed by atoms with van der Waals surface area (Å²) in [6.45, 7) is 24.1. The summed E-state index contributed by atoms with van der Waals surface area (Å²) < 4.78 is 29.9. The minimum Gasteiger partial charge on any atom is -0.510 e. The van der Waals surface area contributed by atoms with Gasteiger partial charge in [0.1, 0.15) is 30.0 Å². The quantitative estimate of drug-likeness (QED) is 0.131. The number of nitrogens with one attached hydrogen (secondary N) is 1. The summed E-state index contributed by atoms with van der Waals surface area (Å²) in [6, 6.07) is 0. The number of carbonyl (C=O) groups excluding carboxylic acids is 5. The molecule has 1 saturated heterocycles. The maximum atomic E-state index is 16.1. The highest BCUT2D eigenvalue weighted by Crippen LogP contribution is 2.70. The molecule has 10 rings (SSSR count). The molecule has 14 atom stereocenters. The third-order valence-corrected chi connectivity index (χ3v) is 20.9. The van der Waals surface area contributed by atoms with E-state index in [1.165, 1.54) is 28.1 Å². The van der Waals surface area contributed by atoms with Crippen LogP contribution in [-0.2, 0) is 47.7 Å². The van der Waals surface area contributed by atoms with Crippen molar-refractivity contribution in [3.05, 3.63) is 104 Å². The number of ether oxygens (including phenoxy) is 5. The Hall–Kier alpha value is -6.38. The topological polar surface area (TPSA) is 201 Å². The van der Waals surface area contributed by atoms with E-state index in [9.17, 15) is 24.3 Å². The average molecular weight is 1080 g/mol. The first kappa shape index (κ1) is 55.9. The lowest BCUT2D eigenvalue weighted by Crippen LogP contribution is -2.63. The molecule has 5 fully saturated rings. The van der Waals surface area contributed by atoms with Gasteiger partial charge in [-0.15, -0.1) is 0 Å². The predicted molar refractivity (Wildman–Crippen MR) is 300 cm³/mol. The molecule has 0 amide bonds. The van der Waals surface area contributed by atoms with E-state index in [0.29, 0.717) is 78.8 Å². The number of fused-ring (bicyclic) bond motifs is 10. The fourth-order valence-corrected chi connectivity index (χ4v) is 16.8. The lowest BCUT2D eigenvalue weighted by atomic mass is 9.43. The van der Waals surface area contributed by atoms with Crippen molar-refractivity contribution in [2.24, 2.45) is 79.1 Å². The summed E-state index contributed by atoms with van der Waals surface area (Å²) in [7, 11) is 2.79. The first-order chi connectivity index (χ1) is 37.6. The van der Waals surface area contributed by atoms with Gasteiger partial charge in [0.15, 0.2) is 0 Å². The van der Waals surface area contributed by atoms with Crippen molar-refractivity contribution in [2.45, 2.75) is 165 Å². The SMILES string of the molecule is C=CC1=C(C)C2=NC1=CC1=NC(=CC3=C(C)C4=C(O)[C@@H](C(=O)O[C@@H]5C[C@@H]6C[C@H](OC(C)=O)CC[C@]6(C)[C@H]6C[C@H](OC(C)=O)[C@]7(C)[C@@H]([C@H](C)CCC(=O)OC)CC[C@H]7[C@H]56)C(=C5NC(=C2)[C@@H](C)[C@@H]5CCC(=O)OC)C4=N3)C(CC)=C1C. The molecule has 0 aromatic rings. The number of carbonyl (C=O) groups is 5. The van der Waals surface area contributed by atoms with Crippen LogP contribution in [0, 0.1) is 64.1 Å². The minimum absolute atomic E-state index is 0.0157. The van der Waals surface area contributed by atoms with Gasteiger partial charge in [0, 0.05) is 78.0 Å². The van der Waals surface area contributed by atoms with Gasteiger partial charge in [-0.25, -0.2) is 15.0 Å². The maximum absolute atomic E-state index is 16.1. The second-order valence-electron chi connectivity index (χ2n) is 24.7. The van der Waals surface area contributed by atoms with E-state index >= 15 is 4.79 Å². The number of rotatable bonds is 13. The van der Waals surface area contributed by atoms with E-state index in [4.69, 9.17) is 38.7 Å². The molecule has 5 heterocycles. The van der Waals surface area contributed by atoms with E-state index in [1.54, 1.807) is 0 Å². The highest BCUT2D eigenvalue weighted by Gasteiger charge is 2.68. The highest BCUT2D eigenvalue weighted by molar-refractivity contribution is 6.24. The molecule has 0 aromatic heterocycles. The first-order valence-electron chi connectivity index (χ1n) is 28.9. The molecule has 422 valence electrons. The van der Waals surface area contributed by atoms with E-state index < -0.39 is 29.5 Å². The van der Waals surface area contributed by atoms with E-state index in [1.807, 2.05) is 38.2 Å². The van der Waals surface area contributed by atoms with Crippen LogP contribution in [0.5, 0.6) is 0 Å². The molecule has 0 unspecified atom stereocenters. The Morgan fingerprint density at radius 2 is 1.54 bits per heavy atom. The standard InChI is InChI=1S/C64H80N4O11/c1-14-39-31(4)45-27-47-33(6)41(17-21-54(72)76-13)59(67-47)57-58(61(73)55-34(7)48(68-60(55)57)29-50-40(15-2)32(5)46(66-50)28-49(39)65-45)62(74)79-51-25-37-24-38(77-35(8)69)22-23-63(37,10)44-26-52(78-36(9)70)64(11)42(18-19-43(64)56(44)51)30(3)16-20-53(71)75-12/h14,27-30,33,37-38,41-44,51-52,56,58,67,73H,1,15-26H2,2-13H3/t30-,33+,37+,38-,41+,42-,43+,44+,51-,52+,56+,58+,63+,64-/m1/s1. The van der Waals surface area contributed by atoms with Crippen molar-refractivity contribution < 1.29 is 52.8 Å². The molecule has 0 radical (unpaired) electrons. The predicted octanol–water partition coefficient (Wildman–Crippen LogP) is 11.3. The van der Waals surface area contributed by atoms with Gasteiger partial charge in [-0.05, 0) is 161 Å². The van der Waals surface area contributed by atoms with Gasteiger partial charge in [-0.2, -0.15) is 0 Å². The third-order valence-electron chi connectivity index (χ3n) is 20.9. The van der Waals surface area contributed by atoms with Crippen molar-refractivity contribution in [3.8, 4) is 0 Å². The van der Waals surface area contributed by atoms with Gasteiger partial charge in [0.2, 0.25) is 0 Å².